The lowest BCUT2D eigenvalue weighted by Gasteiger charge is -2.47. The summed E-state index contributed by atoms with van der Waals surface area (Å²) in [7, 11) is 5.28. The first-order valence-corrected chi connectivity index (χ1v) is 24.6. The number of nitrogens with zero attached hydrogens (tertiary/aromatic N) is 2. The average molecular weight is 957 g/mol. The van der Waals surface area contributed by atoms with Gasteiger partial charge in [0.2, 0.25) is 0 Å². The predicted octanol–water partition coefficient (Wildman–Crippen LogP) is 5.80. The number of rotatable bonds is 21. The lowest BCUT2D eigenvalue weighted by atomic mass is 9.74. The molecular weight excluding hydrogens is 873 g/mol. The Kier molecular flexibility index (Phi) is 22.8. The fraction of sp³-hybridized carbons (Fsp3) is 0.712. The van der Waals surface area contributed by atoms with E-state index >= 15 is 0 Å². The summed E-state index contributed by atoms with van der Waals surface area (Å²) in [6.45, 7) is 20.0. The van der Waals surface area contributed by atoms with Gasteiger partial charge in [-0.1, -0.05) is 62.7 Å². The molecule has 2 aromatic carbocycles. The second-order valence-electron chi connectivity index (χ2n) is 19.6. The molecule has 2 aliphatic rings. The molecule has 2 fully saturated rings. The number of carbonyl (C=O) groups is 2. The van der Waals surface area contributed by atoms with Crippen LogP contribution in [0.2, 0.25) is 0 Å². The Morgan fingerprint density at radius 1 is 0.897 bits per heavy atom. The maximum atomic E-state index is 14.2. The van der Waals surface area contributed by atoms with Gasteiger partial charge >= 0.3 is 5.97 Å². The van der Waals surface area contributed by atoms with Gasteiger partial charge < -0.3 is 64.1 Å². The number of ether oxygens (including phenoxy) is 6. The highest BCUT2D eigenvalue weighted by atomic mass is 16.7. The molecule has 2 saturated heterocycles. The molecular formula is C52H84N4O12. The Bertz CT molecular complexity index is 1870. The number of hydrogen-bond donors (Lipinski definition) is 5. The molecule has 0 aromatic heterocycles. The largest absolute Gasteiger partial charge is 0.459 e. The van der Waals surface area contributed by atoms with E-state index in [1.807, 2.05) is 82.2 Å². The van der Waals surface area contributed by atoms with Gasteiger partial charge in [-0.3, -0.25) is 9.59 Å². The molecule has 0 aliphatic carbocycles. The first-order valence-electron chi connectivity index (χ1n) is 24.6. The Morgan fingerprint density at radius 3 is 2.22 bits per heavy atom. The molecule has 0 amide bonds. The summed E-state index contributed by atoms with van der Waals surface area (Å²) in [6.07, 6.45) is -3.39. The van der Waals surface area contributed by atoms with Crippen molar-refractivity contribution in [2.75, 3.05) is 60.7 Å². The van der Waals surface area contributed by atoms with Gasteiger partial charge in [-0.15, -0.1) is 0 Å². The summed E-state index contributed by atoms with van der Waals surface area (Å²) in [5.41, 5.74) is -0.376. The summed E-state index contributed by atoms with van der Waals surface area (Å²) in [6, 6.07) is 15.8. The highest BCUT2D eigenvalue weighted by Gasteiger charge is 2.51. The zero-order valence-electron chi connectivity index (χ0n) is 42.9. The second kappa shape index (κ2) is 27.2. The highest BCUT2D eigenvalue weighted by Crippen LogP contribution is 2.39. The zero-order chi connectivity index (χ0) is 50.2. The molecule has 16 heteroatoms. The number of hydrogen-bond acceptors (Lipinski definition) is 16. The molecule has 0 unspecified atom stereocenters. The SMILES string of the molecule is CC[C@@H]1OC(=O)[C@H](C)C(=O)[C@H](C)[C@@H](O[C@@H]2O[C@H](C)C[C@H](N(C)C)[C@H]2O)[C@@](C)(OC)C[C@@H](C)/C(=N\OCCNCCCOCCCNCc2cccc(Oc3ccc(C)cc3)c2)[C@H](C)[C@@H](O)[C@]1(C)O. The number of esters is 1. The molecule has 2 aromatic rings. The standard InChI is InChI=1S/C52H84N4O12/c1-13-43-52(9,61)47(59)36(5)44(55-64-28-25-53-23-15-26-63-27-16-24-54-32-39-17-14-18-41(30-39)66-40-21-19-33(2)20-22-40)34(3)31-51(8,62-12)48(37(6)45(57)38(7)49(60)67-43)68-50-46(58)42(56(10)11)29-35(4)65-50/h14,17-22,30,34-38,42-43,46-48,50,53-54,58-59,61H,13,15-16,23-29,31-32H2,1-12H3/b55-44+/t34-,35-,36+,37+,38-,42+,43+,46-,47-,48-,50+,51+,52-/m1/s1. The number of nitrogens with one attached hydrogen (secondary N) is 2. The van der Waals surface area contributed by atoms with Gasteiger partial charge in [0.05, 0.1) is 29.6 Å². The summed E-state index contributed by atoms with van der Waals surface area (Å²) in [4.78, 5) is 35.7. The van der Waals surface area contributed by atoms with Crippen molar-refractivity contribution in [2.24, 2.45) is 28.8 Å². The third kappa shape index (κ3) is 16.0. The molecule has 2 aliphatic heterocycles. The zero-order valence-corrected chi connectivity index (χ0v) is 42.9. The maximum Gasteiger partial charge on any atom is 0.316 e. The van der Waals surface area contributed by atoms with Gasteiger partial charge in [0, 0.05) is 57.2 Å². The first kappa shape index (κ1) is 57.0. The topological polar surface area (TPSA) is 199 Å². The number of Topliss-reactive ketones (excluding diaryl/α,β-unsaturated/α-hetero) is 1. The molecule has 0 bridgehead atoms. The molecule has 0 saturated carbocycles. The van der Waals surface area contributed by atoms with Crippen LogP contribution in [0.5, 0.6) is 11.5 Å². The smallest absolute Gasteiger partial charge is 0.316 e. The van der Waals surface area contributed by atoms with Crippen LogP contribution < -0.4 is 15.4 Å². The van der Waals surface area contributed by atoms with Crippen molar-refractivity contribution in [3.63, 3.8) is 0 Å². The lowest BCUT2D eigenvalue weighted by Crippen LogP contribution is -2.60. The third-order valence-corrected chi connectivity index (χ3v) is 13.7. The molecule has 5 N–H and O–H groups in total. The third-order valence-electron chi connectivity index (χ3n) is 13.7. The number of oxime groups is 1. The lowest BCUT2D eigenvalue weighted by molar-refractivity contribution is -0.295. The van der Waals surface area contributed by atoms with E-state index in [2.05, 4.69) is 28.8 Å². The number of aliphatic hydroxyl groups is 3. The quantitative estimate of drug-likeness (QED) is 0.0435. The predicted molar refractivity (Wildman–Crippen MR) is 262 cm³/mol. The number of ketones is 1. The van der Waals surface area contributed by atoms with Crippen molar-refractivity contribution in [1.82, 2.24) is 15.5 Å². The van der Waals surface area contributed by atoms with Gasteiger partial charge in [0.25, 0.3) is 0 Å². The van der Waals surface area contributed by atoms with E-state index in [4.69, 9.17) is 33.3 Å². The molecule has 2 heterocycles. The molecule has 68 heavy (non-hydrogen) atoms. The Morgan fingerprint density at radius 2 is 1.57 bits per heavy atom. The van der Waals surface area contributed by atoms with Crippen molar-refractivity contribution in [3.05, 3.63) is 59.7 Å². The normalized spacial score (nSPS) is 32.8. The monoisotopic (exact) mass is 957 g/mol. The fourth-order valence-electron chi connectivity index (χ4n) is 9.37. The molecule has 0 spiro atoms. The van der Waals surface area contributed by atoms with Gasteiger partial charge in [0.15, 0.2) is 12.1 Å². The van der Waals surface area contributed by atoms with Crippen molar-refractivity contribution in [3.8, 4) is 11.5 Å². The number of benzene rings is 2. The van der Waals surface area contributed by atoms with Crippen LogP contribution in [-0.2, 0) is 44.7 Å². The molecule has 13 atom stereocenters. The number of cyclic esters (lactones) is 1. The van der Waals surface area contributed by atoms with E-state index in [1.165, 1.54) is 26.5 Å². The summed E-state index contributed by atoms with van der Waals surface area (Å²) in [5, 5.41) is 46.6. The van der Waals surface area contributed by atoms with Crippen molar-refractivity contribution in [2.45, 2.75) is 155 Å². The van der Waals surface area contributed by atoms with Crippen molar-refractivity contribution < 1.29 is 58.2 Å². The van der Waals surface area contributed by atoms with Gasteiger partial charge in [-0.2, -0.15) is 0 Å². The number of methoxy groups -OCH3 is 1. The van der Waals surface area contributed by atoms with Crippen LogP contribution >= 0.6 is 0 Å². The van der Waals surface area contributed by atoms with E-state index in [1.54, 1.807) is 20.8 Å². The Balaban J connectivity index is 1.34. The van der Waals surface area contributed by atoms with Crippen LogP contribution in [0.15, 0.2) is 53.7 Å². The Labute approximate surface area is 405 Å². The van der Waals surface area contributed by atoms with Crippen LogP contribution in [0.4, 0.5) is 0 Å². The van der Waals surface area contributed by atoms with Crippen LogP contribution in [0.25, 0.3) is 0 Å². The number of likely N-dealkylation sites (N-methyl/N-ethyl adjacent to an activating group) is 1. The number of aryl methyl sites for hydroxylation is 1. The minimum atomic E-state index is -1.92. The van der Waals surface area contributed by atoms with Crippen LogP contribution in [0.1, 0.15) is 98.6 Å². The second-order valence-corrected chi connectivity index (χ2v) is 19.6. The van der Waals surface area contributed by atoms with Gasteiger partial charge in [-0.05, 0) is 124 Å². The van der Waals surface area contributed by atoms with Crippen LogP contribution in [0, 0.1) is 30.6 Å². The van der Waals surface area contributed by atoms with Crippen LogP contribution in [0.3, 0.4) is 0 Å². The van der Waals surface area contributed by atoms with E-state index in [0.717, 1.165) is 43.0 Å². The average Bonchev–Trinajstić information content (AvgIpc) is 3.31. The maximum absolute atomic E-state index is 14.2. The molecule has 0 radical (unpaired) electrons. The molecule has 16 nitrogen and oxygen atoms in total. The number of carbonyl (C=O) groups excluding carboxylic acids is 2. The number of aliphatic hydroxyl groups excluding tert-OH is 2. The molecule has 4 rings (SSSR count). The van der Waals surface area contributed by atoms with Gasteiger partial charge in [0.1, 0.15) is 41.8 Å². The van der Waals surface area contributed by atoms with E-state index in [-0.39, 0.29) is 31.6 Å². The van der Waals surface area contributed by atoms with Crippen molar-refractivity contribution in [1.29, 1.82) is 0 Å². The first-order chi connectivity index (χ1) is 32.2. The molecule has 384 valence electrons. The van der Waals surface area contributed by atoms with Crippen molar-refractivity contribution >= 4 is 17.5 Å². The Hall–Kier alpha value is -3.55. The highest BCUT2D eigenvalue weighted by molar-refractivity contribution is 6.00. The van der Waals surface area contributed by atoms with E-state index in [0.29, 0.717) is 38.4 Å². The summed E-state index contributed by atoms with van der Waals surface area (Å²) < 4.78 is 36.8. The van der Waals surface area contributed by atoms with E-state index < -0.39 is 77.3 Å². The van der Waals surface area contributed by atoms with E-state index in [9.17, 15) is 24.9 Å². The summed E-state index contributed by atoms with van der Waals surface area (Å²) >= 11 is 0. The van der Waals surface area contributed by atoms with Gasteiger partial charge in [-0.25, -0.2) is 0 Å². The fourth-order valence-corrected chi connectivity index (χ4v) is 9.37. The minimum absolute atomic E-state index is 0.170. The van der Waals surface area contributed by atoms with Crippen LogP contribution in [-0.4, -0.2) is 152 Å². The summed E-state index contributed by atoms with van der Waals surface area (Å²) in [5.74, 6) is -3.11. The minimum Gasteiger partial charge on any atom is -0.459 e.